The van der Waals surface area contributed by atoms with E-state index < -0.39 is 11.9 Å². The molecule has 7 heteroatoms. The van der Waals surface area contributed by atoms with Crippen molar-refractivity contribution >= 4 is 35.0 Å². The summed E-state index contributed by atoms with van der Waals surface area (Å²) in [5.74, 6) is -1.15. The molecule has 0 aliphatic rings. The molecule has 0 radical (unpaired) electrons. The fourth-order valence-corrected chi connectivity index (χ4v) is 2.55. The third-order valence-corrected chi connectivity index (χ3v) is 4.01. The van der Waals surface area contributed by atoms with E-state index in [0.29, 0.717) is 28.6 Å². The molecule has 0 aliphatic heterocycles. The highest BCUT2D eigenvalue weighted by Crippen LogP contribution is 2.22. The molecular formula is C18H20ClN3O3. The Morgan fingerprint density at radius 1 is 1.28 bits per heavy atom. The molecule has 1 heterocycles. The van der Waals surface area contributed by atoms with Gasteiger partial charge in [-0.1, -0.05) is 37.1 Å². The molecule has 6 nitrogen and oxygen atoms in total. The van der Waals surface area contributed by atoms with Crippen molar-refractivity contribution < 1.29 is 14.7 Å². The smallest absolute Gasteiger partial charge is 0.339 e. The number of aromatic nitrogens is 1. The molecule has 2 N–H and O–H groups in total. The Morgan fingerprint density at radius 2 is 2.00 bits per heavy atom. The molecule has 0 unspecified atom stereocenters. The van der Waals surface area contributed by atoms with Gasteiger partial charge in [0.2, 0.25) is 0 Å². The summed E-state index contributed by atoms with van der Waals surface area (Å²) in [7, 11) is 1.80. The lowest BCUT2D eigenvalue weighted by Gasteiger charge is -2.20. The summed E-state index contributed by atoms with van der Waals surface area (Å²) in [5.41, 5.74) is 0.649. The normalized spacial score (nSPS) is 10.4. The van der Waals surface area contributed by atoms with Gasteiger partial charge < -0.3 is 15.3 Å². The van der Waals surface area contributed by atoms with Gasteiger partial charge in [-0.05, 0) is 24.6 Å². The zero-order valence-electron chi connectivity index (χ0n) is 14.1. The van der Waals surface area contributed by atoms with Crippen molar-refractivity contribution in [2.45, 2.75) is 19.8 Å². The Morgan fingerprint density at radius 3 is 2.64 bits per heavy atom. The van der Waals surface area contributed by atoms with Crippen molar-refractivity contribution in [1.29, 1.82) is 0 Å². The van der Waals surface area contributed by atoms with Crippen molar-refractivity contribution in [1.82, 2.24) is 4.98 Å². The molecule has 2 aromatic rings. The van der Waals surface area contributed by atoms with Crippen LogP contribution in [0.2, 0.25) is 5.02 Å². The number of halogens is 1. The first-order chi connectivity index (χ1) is 11.9. The number of nitrogens with zero attached hydrogens (tertiary/aromatic N) is 2. The van der Waals surface area contributed by atoms with Crippen LogP contribution in [0.3, 0.4) is 0 Å². The average Bonchev–Trinajstić information content (AvgIpc) is 2.59. The summed E-state index contributed by atoms with van der Waals surface area (Å²) >= 11 is 6.01. The number of benzene rings is 1. The van der Waals surface area contributed by atoms with E-state index in [9.17, 15) is 14.7 Å². The summed E-state index contributed by atoms with van der Waals surface area (Å²) in [6, 6.07) is 8.04. The van der Waals surface area contributed by atoms with Gasteiger partial charge in [0.05, 0.1) is 22.5 Å². The van der Waals surface area contributed by atoms with Crippen LogP contribution in [0.5, 0.6) is 0 Å². The number of aromatic carboxylic acids is 1. The fraction of sp³-hybridized carbons (Fsp3) is 0.278. The van der Waals surface area contributed by atoms with Crippen molar-refractivity contribution in [3.05, 3.63) is 52.7 Å². The summed E-state index contributed by atoms with van der Waals surface area (Å²) in [6.45, 7) is 2.77. The molecule has 1 aromatic carbocycles. The summed E-state index contributed by atoms with van der Waals surface area (Å²) in [6.07, 6.45) is 3.37. The third kappa shape index (κ3) is 4.70. The number of hydrogen-bond donors (Lipinski definition) is 2. The molecule has 1 aromatic heterocycles. The van der Waals surface area contributed by atoms with Crippen LogP contribution in [-0.2, 0) is 0 Å². The monoisotopic (exact) mass is 361 g/mol. The van der Waals surface area contributed by atoms with Crippen LogP contribution >= 0.6 is 11.6 Å². The van der Waals surface area contributed by atoms with Crippen LogP contribution in [0.1, 0.15) is 40.5 Å². The van der Waals surface area contributed by atoms with E-state index in [-0.39, 0.29) is 5.56 Å². The fourth-order valence-electron chi connectivity index (χ4n) is 2.33. The minimum atomic E-state index is -1.10. The molecule has 0 aliphatic carbocycles. The second-order valence-corrected chi connectivity index (χ2v) is 6.02. The lowest BCUT2D eigenvalue weighted by atomic mass is 10.2. The predicted molar refractivity (Wildman–Crippen MR) is 98.8 cm³/mol. The van der Waals surface area contributed by atoms with Gasteiger partial charge in [0.1, 0.15) is 11.4 Å². The Bertz CT molecular complexity index is 780. The van der Waals surface area contributed by atoms with Crippen molar-refractivity contribution in [2.24, 2.45) is 0 Å². The Kier molecular flexibility index (Phi) is 6.36. The SMILES string of the molecule is CCCCN(C)c1ncc(NC(=O)c2ccccc2Cl)cc1C(=O)O. The zero-order chi connectivity index (χ0) is 18.4. The van der Waals surface area contributed by atoms with E-state index in [2.05, 4.69) is 17.2 Å². The van der Waals surface area contributed by atoms with Crippen LogP contribution < -0.4 is 10.2 Å². The lowest BCUT2D eigenvalue weighted by molar-refractivity contribution is 0.0697. The van der Waals surface area contributed by atoms with Gasteiger partial charge in [0.15, 0.2) is 0 Å². The van der Waals surface area contributed by atoms with E-state index in [1.807, 2.05) is 0 Å². The highest BCUT2D eigenvalue weighted by Gasteiger charge is 2.17. The number of carboxylic acid groups (broad SMARTS) is 1. The molecule has 1 amide bonds. The summed E-state index contributed by atoms with van der Waals surface area (Å²) < 4.78 is 0. The first-order valence-electron chi connectivity index (χ1n) is 7.94. The highest BCUT2D eigenvalue weighted by atomic mass is 35.5. The zero-order valence-corrected chi connectivity index (χ0v) is 14.9. The second kappa shape index (κ2) is 8.48. The van der Waals surface area contributed by atoms with Gasteiger partial charge >= 0.3 is 5.97 Å². The first-order valence-corrected chi connectivity index (χ1v) is 8.32. The largest absolute Gasteiger partial charge is 0.478 e. The summed E-state index contributed by atoms with van der Waals surface area (Å²) in [4.78, 5) is 29.9. The Balaban J connectivity index is 2.25. The summed E-state index contributed by atoms with van der Waals surface area (Å²) in [5, 5.41) is 12.4. The molecule has 0 saturated carbocycles. The van der Waals surface area contributed by atoms with Crippen molar-refractivity contribution in [3.63, 3.8) is 0 Å². The number of carboxylic acids is 1. The standard InChI is InChI=1S/C18H20ClN3O3/c1-3-4-9-22(2)16-14(18(24)25)10-12(11-20-16)21-17(23)13-7-5-6-8-15(13)19/h5-8,10-11H,3-4,9H2,1-2H3,(H,21,23)(H,24,25). The van der Waals surface area contributed by atoms with Gasteiger partial charge in [-0.3, -0.25) is 4.79 Å². The predicted octanol–water partition coefficient (Wildman–Crippen LogP) is 3.92. The van der Waals surface area contributed by atoms with E-state index in [0.717, 1.165) is 12.8 Å². The second-order valence-electron chi connectivity index (χ2n) is 5.61. The van der Waals surface area contributed by atoms with Crippen molar-refractivity contribution in [3.8, 4) is 0 Å². The molecule has 25 heavy (non-hydrogen) atoms. The maximum absolute atomic E-state index is 12.3. The molecule has 132 valence electrons. The first kappa shape index (κ1) is 18.7. The number of hydrogen-bond acceptors (Lipinski definition) is 4. The maximum atomic E-state index is 12.3. The van der Waals surface area contributed by atoms with Crippen LogP contribution in [0.15, 0.2) is 36.5 Å². The molecule has 0 spiro atoms. The van der Waals surface area contributed by atoms with E-state index in [4.69, 9.17) is 11.6 Å². The molecule has 0 fully saturated rings. The average molecular weight is 362 g/mol. The number of rotatable bonds is 7. The van der Waals surface area contributed by atoms with Crippen LogP contribution in [-0.4, -0.2) is 35.6 Å². The lowest BCUT2D eigenvalue weighted by Crippen LogP contribution is -2.23. The van der Waals surface area contributed by atoms with E-state index in [1.54, 1.807) is 36.2 Å². The number of amides is 1. The number of pyridine rings is 1. The van der Waals surface area contributed by atoms with Crippen LogP contribution in [0.25, 0.3) is 0 Å². The molecule has 0 atom stereocenters. The topological polar surface area (TPSA) is 82.5 Å². The van der Waals surface area contributed by atoms with Gasteiger partial charge in [-0.2, -0.15) is 0 Å². The Hall–Kier alpha value is -2.60. The minimum Gasteiger partial charge on any atom is -0.478 e. The minimum absolute atomic E-state index is 0.0376. The van der Waals surface area contributed by atoms with Crippen LogP contribution in [0.4, 0.5) is 11.5 Å². The Labute approximate surface area is 151 Å². The van der Waals surface area contributed by atoms with Gasteiger partial charge in [0.25, 0.3) is 5.91 Å². The number of unbranched alkanes of at least 4 members (excludes halogenated alkanes) is 1. The maximum Gasteiger partial charge on any atom is 0.339 e. The number of anilines is 2. The van der Waals surface area contributed by atoms with E-state index >= 15 is 0 Å². The molecule has 0 bridgehead atoms. The van der Waals surface area contributed by atoms with Gasteiger partial charge in [-0.25, -0.2) is 9.78 Å². The molecular weight excluding hydrogens is 342 g/mol. The quantitative estimate of drug-likeness (QED) is 0.781. The third-order valence-electron chi connectivity index (χ3n) is 3.68. The molecule has 2 rings (SSSR count). The van der Waals surface area contributed by atoms with Gasteiger partial charge in [0, 0.05) is 13.6 Å². The van der Waals surface area contributed by atoms with Crippen molar-refractivity contribution in [2.75, 3.05) is 23.8 Å². The van der Waals surface area contributed by atoms with Crippen LogP contribution in [0, 0.1) is 0 Å². The number of carbonyl (C=O) groups is 2. The number of carbonyl (C=O) groups excluding carboxylic acids is 1. The highest BCUT2D eigenvalue weighted by molar-refractivity contribution is 6.34. The molecule has 0 saturated heterocycles. The van der Waals surface area contributed by atoms with Gasteiger partial charge in [-0.15, -0.1) is 0 Å². The number of nitrogens with one attached hydrogen (secondary N) is 1. The van der Waals surface area contributed by atoms with E-state index in [1.165, 1.54) is 12.3 Å².